The van der Waals surface area contributed by atoms with E-state index in [4.69, 9.17) is 4.42 Å². The van der Waals surface area contributed by atoms with Crippen LogP contribution in [0.1, 0.15) is 69.9 Å². The number of carbonyl (C=O) groups excluding carboxylic acids is 1. The third-order valence-electron chi connectivity index (χ3n) is 9.16. The van der Waals surface area contributed by atoms with Gasteiger partial charge < -0.3 is 9.32 Å². The van der Waals surface area contributed by atoms with Gasteiger partial charge in [0, 0.05) is 18.6 Å². The SMILES string of the molecule is Cc1ccc(S(=O)(=O)N2[C@@H]3CC[C@@H](C3)[C@H]2C(=O)N(Cc2ccc3ncoc3c2)C2CCC(C)(C)CC2)cc1. The maximum absolute atomic E-state index is 14.5. The maximum atomic E-state index is 14.5. The van der Waals surface area contributed by atoms with Gasteiger partial charge in [0.1, 0.15) is 11.6 Å². The lowest BCUT2D eigenvalue weighted by Crippen LogP contribution is -2.56. The minimum absolute atomic E-state index is 0.0461. The minimum atomic E-state index is -3.79. The number of nitrogens with zero attached hydrogens (tertiary/aromatic N) is 3. The highest BCUT2D eigenvalue weighted by molar-refractivity contribution is 7.89. The Kier molecular flexibility index (Phi) is 6.38. The normalized spacial score (nSPS) is 25.7. The van der Waals surface area contributed by atoms with Gasteiger partial charge in [-0.15, -0.1) is 0 Å². The van der Waals surface area contributed by atoms with Gasteiger partial charge in [0.25, 0.3) is 0 Å². The Bertz CT molecular complexity index is 1440. The van der Waals surface area contributed by atoms with E-state index in [2.05, 4.69) is 18.8 Å². The Hall–Kier alpha value is -2.71. The fourth-order valence-electron chi connectivity index (χ4n) is 6.88. The standard InChI is InChI=1S/C30H37N3O4S/c1-20-4-9-25(10-5-20)38(35,36)33-24-8-7-22(17-24)28(33)29(34)32(23-12-14-30(2,3)15-13-23)18-21-6-11-26-27(16-21)37-19-31-26/h4-6,9-11,16,19,22-24,28H,7-8,12-15,17-18H2,1-3H3/t22-,24+,28-/m0/s1. The molecule has 2 aliphatic carbocycles. The fraction of sp³-hybridized carbons (Fsp3) is 0.533. The zero-order chi connectivity index (χ0) is 26.7. The van der Waals surface area contributed by atoms with Gasteiger partial charge in [0.05, 0.1) is 4.90 Å². The van der Waals surface area contributed by atoms with Crippen molar-refractivity contribution in [3.8, 4) is 0 Å². The second-order valence-corrected chi connectivity index (χ2v) is 14.2. The van der Waals surface area contributed by atoms with Gasteiger partial charge in [0.2, 0.25) is 15.9 Å². The molecule has 202 valence electrons. The van der Waals surface area contributed by atoms with E-state index in [9.17, 15) is 13.2 Å². The quantitative estimate of drug-likeness (QED) is 0.406. The van der Waals surface area contributed by atoms with E-state index in [1.54, 1.807) is 16.4 Å². The van der Waals surface area contributed by atoms with Crippen LogP contribution in [0.15, 0.2) is 58.2 Å². The summed E-state index contributed by atoms with van der Waals surface area (Å²) in [7, 11) is -3.79. The number of sulfonamides is 1. The molecule has 0 unspecified atom stereocenters. The van der Waals surface area contributed by atoms with Crippen LogP contribution in [0.5, 0.6) is 0 Å². The summed E-state index contributed by atoms with van der Waals surface area (Å²) >= 11 is 0. The largest absolute Gasteiger partial charge is 0.443 e. The van der Waals surface area contributed by atoms with Crippen molar-refractivity contribution in [2.45, 2.75) is 95.3 Å². The summed E-state index contributed by atoms with van der Waals surface area (Å²) in [4.78, 5) is 21.0. The van der Waals surface area contributed by atoms with E-state index < -0.39 is 16.1 Å². The number of piperidine rings is 1. The molecular formula is C30H37N3O4S. The van der Waals surface area contributed by atoms with Crippen LogP contribution in [0.3, 0.4) is 0 Å². The number of benzene rings is 2. The van der Waals surface area contributed by atoms with Crippen molar-refractivity contribution in [3.63, 3.8) is 0 Å². The van der Waals surface area contributed by atoms with Crippen molar-refractivity contribution >= 4 is 27.0 Å². The highest BCUT2D eigenvalue weighted by Crippen LogP contribution is 2.47. The lowest BCUT2D eigenvalue weighted by Gasteiger charge is -2.43. The first kappa shape index (κ1) is 25.6. The third-order valence-corrected chi connectivity index (χ3v) is 11.1. The Morgan fingerprint density at radius 3 is 2.55 bits per heavy atom. The lowest BCUT2D eigenvalue weighted by molar-refractivity contribution is -0.141. The maximum Gasteiger partial charge on any atom is 0.244 e. The van der Waals surface area contributed by atoms with Crippen molar-refractivity contribution in [3.05, 3.63) is 60.0 Å². The van der Waals surface area contributed by atoms with E-state index in [1.807, 2.05) is 42.2 Å². The highest BCUT2D eigenvalue weighted by atomic mass is 32.2. The molecule has 8 heteroatoms. The fourth-order valence-corrected chi connectivity index (χ4v) is 8.75. The van der Waals surface area contributed by atoms with Gasteiger partial charge >= 0.3 is 0 Å². The zero-order valence-electron chi connectivity index (χ0n) is 22.5. The molecule has 2 saturated carbocycles. The van der Waals surface area contributed by atoms with Crippen LogP contribution < -0.4 is 0 Å². The smallest absolute Gasteiger partial charge is 0.244 e. The van der Waals surface area contributed by atoms with Crippen molar-refractivity contribution < 1.29 is 17.6 Å². The molecule has 0 spiro atoms. The van der Waals surface area contributed by atoms with Gasteiger partial charge in [0.15, 0.2) is 12.0 Å². The Morgan fingerprint density at radius 2 is 1.82 bits per heavy atom. The topological polar surface area (TPSA) is 83.7 Å². The summed E-state index contributed by atoms with van der Waals surface area (Å²) in [6.07, 6.45) is 7.86. The van der Waals surface area contributed by atoms with Crippen LogP contribution in [-0.4, -0.2) is 46.6 Å². The summed E-state index contributed by atoms with van der Waals surface area (Å²) < 4.78 is 35.0. The van der Waals surface area contributed by atoms with E-state index in [0.717, 1.165) is 61.6 Å². The average molecular weight is 536 g/mol. The molecule has 1 amide bonds. The molecular weight excluding hydrogens is 498 g/mol. The van der Waals surface area contributed by atoms with Gasteiger partial charge in [-0.05, 0) is 93.0 Å². The monoisotopic (exact) mass is 535 g/mol. The third kappa shape index (κ3) is 4.56. The number of rotatable bonds is 6. The molecule has 1 saturated heterocycles. The first-order chi connectivity index (χ1) is 18.1. The molecule has 3 aliphatic rings. The molecule has 2 heterocycles. The number of aromatic nitrogens is 1. The number of amides is 1. The number of carbonyl (C=O) groups is 1. The van der Waals surface area contributed by atoms with E-state index >= 15 is 0 Å². The summed E-state index contributed by atoms with van der Waals surface area (Å²) in [5.41, 5.74) is 3.73. The molecule has 2 bridgehead atoms. The summed E-state index contributed by atoms with van der Waals surface area (Å²) in [6, 6.07) is 12.2. The van der Waals surface area contributed by atoms with Crippen molar-refractivity contribution in [1.82, 2.24) is 14.2 Å². The molecule has 0 radical (unpaired) electrons. The molecule has 3 fully saturated rings. The lowest BCUT2D eigenvalue weighted by atomic mass is 9.75. The van der Waals surface area contributed by atoms with Gasteiger partial charge in [-0.3, -0.25) is 4.79 Å². The molecule has 3 atom stereocenters. The van der Waals surface area contributed by atoms with Gasteiger partial charge in [-0.25, -0.2) is 13.4 Å². The van der Waals surface area contributed by atoms with Crippen LogP contribution >= 0.6 is 0 Å². The highest BCUT2D eigenvalue weighted by Gasteiger charge is 2.55. The molecule has 6 rings (SSSR count). The predicted molar refractivity (Wildman–Crippen MR) is 146 cm³/mol. The zero-order valence-corrected chi connectivity index (χ0v) is 23.3. The molecule has 2 aromatic carbocycles. The van der Waals surface area contributed by atoms with E-state index in [-0.39, 0.29) is 34.2 Å². The molecule has 1 aromatic heterocycles. The number of aryl methyl sites for hydroxylation is 1. The molecule has 3 aromatic rings. The van der Waals surface area contributed by atoms with Gasteiger partial charge in [-0.1, -0.05) is 37.6 Å². The van der Waals surface area contributed by atoms with Crippen molar-refractivity contribution in [2.24, 2.45) is 11.3 Å². The second-order valence-electron chi connectivity index (χ2n) is 12.3. The van der Waals surface area contributed by atoms with E-state index in [1.165, 1.54) is 6.39 Å². The summed E-state index contributed by atoms with van der Waals surface area (Å²) in [5.74, 6) is 0.0160. The summed E-state index contributed by atoms with van der Waals surface area (Å²) in [6.45, 7) is 6.96. The molecule has 0 N–H and O–H groups in total. The Labute approximate surface area is 225 Å². The summed E-state index contributed by atoms with van der Waals surface area (Å²) in [5, 5.41) is 0. The van der Waals surface area contributed by atoms with E-state index in [0.29, 0.717) is 12.1 Å². The minimum Gasteiger partial charge on any atom is -0.443 e. The second kappa shape index (κ2) is 9.49. The van der Waals surface area contributed by atoms with Crippen molar-refractivity contribution in [1.29, 1.82) is 0 Å². The average Bonchev–Trinajstić information content (AvgIpc) is 3.63. The van der Waals surface area contributed by atoms with Crippen LogP contribution in [0.4, 0.5) is 0 Å². The van der Waals surface area contributed by atoms with Crippen molar-refractivity contribution in [2.75, 3.05) is 0 Å². The first-order valence-corrected chi connectivity index (χ1v) is 15.3. The Balaban J connectivity index is 1.35. The number of fused-ring (bicyclic) bond motifs is 3. The molecule has 1 aliphatic heterocycles. The van der Waals surface area contributed by atoms with Crippen LogP contribution in [0.25, 0.3) is 11.1 Å². The Morgan fingerprint density at radius 1 is 1.08 bits per heavy atom. The number of hydrogen-bond donors (Lipinski definition) is 0. The number of hydrogen-bond acceptors (Lipinski definition) is 5. The van der Waals surface area contributed by atoms with Crippen LogP contribution in [-0.2, 0) is 21.4 Å². The van der Waals surface area contributed by atoms with Crippen LogP contribution in [0.2, 0.25) is 0 Å². The predicted octanol–water partition coefficient (Wildman–Crippen LogP) is 5.68. The molecule has 7 nitrogen and oxygen atoms in total. The van der Waals surface area contributed by atoms with Gasteiger partial charge in [-0.2, -0.15) is 4.31 Å². The van der Waals surface area contributed by atoms with Crippen LogP contribution in [0, 0.1) is 18.3 Å². The number of oxazole rings is 1. The molecule has 38 heavy (non-hydrogen) atoms. The first-order valence-electron chi connectivity index (χ1n) is 13.9.